The van der Waals surface area contributed by atoms with Gasteiger partial charge in [-0.1, -0.05) is 6.07 Å². The molecule has 0 amide bonds. The maximum absolute atomic E-state index is 12.8. The summed E-state index contributed by atoms with van der Waals surface area (Å²) >= 11 is 0. The SMILES string of the molecule is CN(CCOc1ccc(F)cc1)Cc1ccc2c(c1)OCO2. The van der Waals surface area contributed by atoms with Gasteiger partial charge in [0, 0.05) is 13.1 Å². The van der Waals surface area contributed by atoms with Crippen molar-refractivity contribution in [3.63, 3.8) is 0 Å². The van der Waals surface area contributed by atoms with Gasteiger partial charge in [-0.25, -0.2) is 4.39 Å². The monoisotopic (exact) mass is 303 g/mol. The van der Waals surface area contributed by atoms with E-state index in [9.17, 15) is 4.39 Å². The number of rotatable bonds is 6. The Morgan fingerprint density at radius 2 is 1.86 bits per heavy atom. The number of benzene rings is 2. The lowest BCUT2D eigenvalue weighted by molar-refractivity contribution is 0.174. The first kappa shape index (κ1) is 14.7. The quantitative estimate of drug-likeness (QED) is 0.820. The van der Waals surface area contributed by atoms with Gasteiger partial charge in [-0.15, -0.1) is 0 Å². The van der Waals surface area contributed by atoms with E-state index in [1.54, 1.807) is 12.1 Å². The molecule has 116 valence electrons. The van der Waals surface area contributed by atoms with Gasteiger partial charge in [0.15, 0.2) is 11.5 Å². The summed E-state index contributed by atoms with van der Waals surface area (Å²) in [4.78, 5) is 2.15. The highest BCUT2D eigenvalue weighted by molar-refractivity contribution is 5.44. The number of nitrogens with zero attached hydrogens (tertiary/aromatic N) is 1. The Hall–Kier alpha value is -2.27. The third kappa shape index (κ3) is 3.68. The minimum Gasteiger partial charge on any atom is -0.492 e. The van der Waals surface area contributed by atoms with Gasteiger partial charge in [0.2, 0.25) is 6.79 Å². The number of halogens is 1. The summed E-state index contributed by atoms with van der Waals surface area (Å²) in [6.45, 7) is 2.40. The molecule has 5 heteroatoms. The molecule has 0 aliphatic carbocycles. The molecule has 0 N–H and O–H groups in total. The molecule has 0 saturated carbocycles. The number of ether oxygens (including phenoxy) is 3. The first-order valence-corrected chi connectivity index (χ1v) is 7.16. The maximum Gasteiger partial charge on any atom is 0.231 e. The predicted molar refractivity (Wildman–Crippen MR) is 80.8 cm³/mol. The van der Waals surface area contributed by atoms with E-state index >= 15 is 0 Å². The molecule has 3 rings (SSSR count). The van der Waals surface area contributed by atoms with Crippen LogP contribution in [-0.2, 0) is 6.54 Å². The summed E-state index contributed by atoms with van der Waals surface area (Å²) in [5.74, 6) is 2.02. The third-order valence-electron chi connectivity index (χ3n) is 3.44. The Bertz CT molecular complexity index is 630. The highest BCUT2D eigenvalue weighted by atomic mass is 19.1. The van der Waals surface area contributed by atoms with Crippen LogP contribution in [0.4, 0.5) is 4.39 Å². The van der Waals surface area contributed by atoms with E-state index in [1.165, 1.54) is 12.1 Å². The van der Waals surface area contributed by atoms with Crippen molar-refractivity contribution in [3.8, 4) is 17.2 Å². The number of fused-ring (bicyclic) bond motifs is 1. The molecule has 0 radical (unpaired) electrons. The fourth-order valence-corrected chi connectivity index (χ4v) is 2.28. The highest BCUT2D eigenvalue weighted by Crippen LogP contribution is 2.32. The number of likely N-dealkylation sites (N-methyl/N-ethyl adjacent to an activating group) is 1. The first-order valence-electron chi connectivity index (χ1n) is 7.16. The van der Waals surface area contributed by atoms with Crippen molar-refractivity contribution in [1.29, 1.82) is 0 Å². The van der Waals surface area contributed by atoms with Gasteiger partial charge in [-0.2, -0.15) is 0 Å². The molecule has 22 heavy (non-hydrogen) atoms. The topological polar surface area (TPSA) is 30.9 Å². The lowest BCUT2D eigenvalue weighted by Gasteiger charge is -2.17. The van der Waals surface area contributed by atoms with Crippen LogP contribution in [0.1, 0.15) is 5.56 Å². The molecule has 0 atom stereocenters. The molecule has 2 aromatic carbocycles. The van der Waals surface area contributed by atoms with Crippen molar-refractivity contribution in [2.75, 3.05) is 27.0 Å². The van der Waals surface area contributed by atoms with E-state index < -0.39 is 0 Å². The van der Waals surface area contributed by atoms with Crippen molar-refractivity contribution in [3.05, 3.63) is 53.8 Å². The molecular weight excluding hydrogens is 285 g/mol. The molecule has 2 aromatic rings. The smallest absolute Gasteiger partial charge is 0.231 e. The summed E-state index contributed by atoms with van der Waals surface area (Å²) in [7, 11) is 2.03. The first-order chi connectivity index (χ1) is 10.7. The molecule has 1 aliphatic rings. The van der Waals surface area contributed by atoms with Crippen molar-refractivity contribution < 1.29 is 18.6 Å². The van der Waals surface area contributed by atoms with Crippen LogP contribution < -0.4 is 14.2 Å². The van der Waals surface area contributed by atoms with E-state index in [1.807, 2.05) is 25.2 Å². The van der Waals surface area contributed by atoms with E-state index in [0.29, 0.717) is 19.1 Å². The third-order valence-corrected chi connectivity index (χ3v) is 3.44. The van der Waals surface area contributed by atoms with E-state index in [-0.39, 0.29) is 5.82 Å². The zero-order valence-corrected chi connectivity index (χ0v) is 12.4. The van der Waals surface area contributed by atoms with E-state index in [4.69, 9.17) is 14.2 Å². The molecule has 0 saturated heterocycles. The minimum absolute atomic E-state index is 0.257. The van der Waals surface area contributed by atoms with E-state index in [2.05, 4.69) is 4.90 Å². The Morgan fingerprint density at radius 3 is 2.68 bits per heavy atom. The van der Waals surface area contributed by atoms with Crippen LogP contribution in [0.3, 0.4) is 0 Å². The summed E-state index contributed by atoms with van der Waals surface area (Å²) in [6.07, 6.45) is 0. The Balaban J connectivity index is 1.46. The fraction of sp³-hybridized carbons (Fsp3) is 0.294. The molecular formula is C17H18FNO3. The lowest BCUT2D eigenvalue weighted by Crippen LogP contribution is -2.23. The Kier molecular flexibility index (Phi) is 4.44. The molecule has 0 bridgehead atoms. The maximum atomic E-state index is 12.8. The second kappa shape index (κ2) is 6.66. The number of hydrogen-bond donors (Lipinski definition) is 0. The molecule has 0 spiro atoms. The van der Waals surface area contributed by atoms with Crippen LogP contribution in [-0.4, -0.2) is 31.9 Å². The zero-order valence-electron chi connectivity index (χ0n) is 12.4. The summed E-state index contributed by atoms with van der Waals surface area (Å²) < 4.78 is 29.1. The molecule has 0 unspecified atom stereocenters. The van der Waals surface area contributed by atoms with Gasteiger partial charge in [0.1, 0.15) is 18.2 Å². The van der Waals surface area contributed by atoms with Crippen LogP contribution in [0, 0.1) is 5.82 Å². The van der Waals surface area contributed by atoms with Gasteiger partial charge in [-0.3, -0.25) is 4.90 Å². The Labute approximate surface area is 129 Å². The molecule has 0 fully saturated rings. The van der Waals surface area contributed by atoms with Gasteiger partial charge in [0.05, 0.1) is 0 Å². The molecule has 1 aliphatic heterocycles. The van der Waals surface area contributed by atoms with Crippen molar-refractivity contribution in [2.24, 2.45) is 0 Å². The number of hydrogen-bond acceptors (Lipinski definition) is 4. The van der Waals surface area contributed by atoms with E-state index in [0.717, 1.165) is 30.2 Å². The van der Waals surface area contributed by atoms with Gasteiger partial charge < -0.3 is 14.2 Å². The molecule has 0 aromatic heterocycles. The van der Waals surface area contributed by atoms with Gasteiger partial charge >= 0.3 is 0 Å². The molecule has 1 heterocycles. The second-order valence-electron chi connectivity index (χ2n) is 5.23. The van der Waals surface area contributed by atoms with Crippen LogP contribution in [0.2, 0.25) is 0 Å². The van der Waals surface area contributed by atoms with Crippen LogP contribution in [0.5, 0.6) is 17.2 Å². The normalized spacial score (nSPS) is 12.7. The van der Waals surface area contributed by atoms with Gasteiger partial charge in [0.25, 0.3) is 0 Å². The summed E-state index contributed by atoms with van der Waals surface area (Å²) in [5.41, 5.74) is 1.16. The Morgan fingerprint density at radius 1 is 1.09 bits per heavy atom. The van der Waals surface area contributed by atoms with Crippen LogP contribution >= 0.6 is 0 Å². The lowest BCUT2D eigenvalue weighted by atomic mass is 10.2. The second-order valence-corrected chi connectivity index (χ2v) is 5.23. The van der Waals surface area contributed by atoms with Gasteiger partial charge in [-0.05, 0) is 49.0 Å². The van der Waals surface area contributed by atoms with Crippen LogP contribution in [0.25, 0.3) is 0 Å². The van der Waals surface area contributed by atoms with Crippen LogP contribution in [0.15, 0.2) is 42.5 Å². The van der Waals surface area contributed by atoms with Crippen molar-refractivity contribution in [1.82, 2.24) is 4.90 Å². The molecule has 4 nitrogen and oxygen atoms in total. The van der Waals surface area contributed by atoms with Crippen molar-refractivity contribution >= 4 is 0 Å². The fourth-order valence-electron chi connectivity index (χ4n) is 2.28. The largest absolute Gasteiger partial charge is 0.492 e. The average molecular weight is 303 g/mol. The summed E-state index contributed by atoms with van der Waals surface area (Å²) in [6, 6.07) is 12.0. The standard InChI is InChI=1S/C17H18FNO3/c1-19(8-9-20-15-5-3-14(18)4-6-15)11-13-2-7-16-17(10-13)22-12-21-16/h2-7,10H,8-9,11-12H2,1H3. The average Bonchev–Trinajstić information content (AvgIpc) is 2.97. The highest BCUT2D eigenvalue weighted by Gasteiger charge is 2.13. The van der Waals surface area contributed by atoms with Crippen molar-refractivity contribution in [2.45, 2.75) is 6.54 Å². The summed E-state index contributed by atoms with van der Waals surface area (Å²) in [5, 5.41) is 0. The minimum atomic E-state index is -0.257. The predicted octanol–water partition coefficient (Wildman–Crippen LogP) is 3.07. The zero-order chi connectivity index (χ0) is 15.4.